The van der Waals surface area contributed by atoms with Crippen molar-refractivity contribution in [3.8, 4) is 5.82 Å². The van der Waals surface area contributed by atoms with Crippen molar-refractivity contribution in [2.24, 2.45) is 0 Å². The first-order valence-electron chi connectivity index (χ1n) is 17.4. The average Bonchev–Trinajstić information content (AvgIpc) is 4.04. The van der Waals surface area contributed by atoms with Crippen LogP contribution in [0, 0.1) is 0 Å². The lowest BCUT2D eigenvalue weighted by molar-refractivity contribution is 0.565. The van der Waals surface area contributed by atoms with Gasteiger partial charge in [0, 0.05) is 45.0 Å². The fourth-order valence-corrected chi connectivity index (χ4v) is 7.68. The zero-order valence-electron chi connectivity index (χ0n) is 28.1. The molecule has 0 saturated heterocycles. The Morgan fingerprint density at radius 3 is 1.85 bits per heavy atom. The van der Waals surface area contributed by atoms with Crippen LogP contribution in [0.15, 0.2) is 192 Å². The molecule has 52 heavy (non-hydrogen) atoms. The third-order valence-corrected chi connectivity index (χ3v) is 9.97. The monoisotopic (exact) mass is 672 g/mol. The molecular weight excluding hydrogens is 641 g/mol. The summed E-state index contributed by atoms with van der Waals surface area (Å²) in [5, 5.41) is 2.35. The van der Waals surface area contributed by atoms with Crippen LogP contribution < -0.4 is 9.80 Å². The Balaban J connectivity index is 1.21. The van der Waals surface area contributed by atoms with Gasteiger partial charge in [-0.25, -0.2) is 4.98 Å². The summed E-state index contributed by atoms with van der Waals surface area (Å²) in [5.41, 5.74) is 13.0. The van der Waals surface area contributed by atoms with Gasteiger partial charge in [0.25, 0.3) is 0 Å². The second-order valence-corrected chi connectivity index (χ2v) is 12.9. The zero-order valence-corrected chi connectivity index (χ0v) is 28.1. The third kappa shape index (κ3) is 4.92. The molecule has 0 bridgehead atoms. The van der Waals surface area contributed by atoms with Crippen molar-refractivity contribution in [1.29, 1.82) is 0 Å². The minimum absolute atomic E-state index is 0.693. The third-order valence-electron chi connectivity index (χ3n) is 9.97. The van der Waals surface area contributed by atoms with Crippen molar-refractivity contribution < 1.29 is 8.83 Å². The van der Waals surface area contributed by atoms with Gasteiger partial charge in [0.05, 0.1) is 47.5 Å². The summed E-state index contributed by atoms with van der Waals surface area (Å²) in [7, 11) is 0. The molecule has 0 amide bonds. The van der Waals surface area contributed by atoms with Crippen molar-refractivity contribution in [1.82, 2.24) is 9.55 Å². The maximum Gasteiger partial charge on any atom is 0.137 e. The normalized spacial score (nSPS) is 12.5. The van der Waals surface area contributed by atoms with E-state index in [-0.39, 0.29) is 0 Å². The van der Waals surface area contributed by atoms with E-state index in [2.05, 4.69) is 142 Å². The maximum atomic E-state index is 5.71. The minimum atomic E-state index is 0.693. The second kappa shape index (κ2) is 12.4. The summed E-state index contributed by atoms with van der Waals surface area (Å²) in [5.74, 6) is 0.874. The molecule has 1 aliphatic rings. The Kier molecular flexibility index (Phi) is 7.10. The van der Waals surface area contributed by atoms with E-state index in [9.17, 15) is 0 Å². The largest absolute Gasteiger partial charge is 0.472 e. The van der Waals surface area contributed by atoms with Gasteiger partial charge in [-0.1, -0.05) is 78.9 Å². The molecule has 0 aliphatic carbocycles. The molecule has 0 radical (unpaired) electrons. The van der Waals surface area contributed by atoms with E-state index in [0.717, 1.165) is 61.6 Å². The standard InChI is InChI=1S/C46H32N4O2/c1-2-12-36(13-3-1)48-31-49(42-18-7-6-17-41(42)48)37-14-10-11-32(27-37)45(46(34-22-25-51-29-34)35-23-26-52-30-35)33-20-21-39-38-15-4-5-16-40(38)50(43(39)28-33)44-19-8-9-24-47-44/h1-30H,31H2. The number of pyridine rings is 1. The van der Waals surface area contributed by atoms with E-state index >= 15 is 0 Å². The fraction of sp³-hybridized carbons (Fsp3) is 0.0217. The summed E-state index contributed by atoms with van der Waals surface area (Å²) < 4.78 is 13.7. The minimum Gasteiger partial charge on any atom is -0.472 e. The number of nitrogens with zero attached hydrogens (tertiary/aromatic N) is 4. The van der Waals surface area contributed by atoms with Gasteiger partial charge in [-0.05, 0) is 89.5 Å². The van der Waals surface area contributed by atoms with Crippen LogP contribution in [0.5, 0.6) is 0 Å². The lowest BCUT2D eigenvalue weighted by atomic mass is 9.87. The van der Waals surface area contributed by atoms with Crippen LogP contribution in [-0.2, 0) is 0 Å². The summed E-state index contributed by atoms with van der Waals surface area (Å²) >= 11 is 0. The van der Waals surface area contributed by atoms with Gasteiger partial charge >= 0.3 is 0 Å². The first-order valence-corrected chi connectivity index (χ1v) is 17.4. The molecule has 5 heterocycles. The van der Waals surface area contributed by atoms with E-state index in [1.54, 1.807) is 12.5 Å². The van der Waals surface area contributed by atoms with Crippen LogP contribution in [0.4, 0.5) is 22.7 Å². The molecule has 0 spiro atoms. The molecule has 0 saturated carbocycles. The predicted octanol–water partition coefficient (Wildman–Crippen LogP) is 11.6. The number of aromatic nitrogens is 2. The highest BCUT2D eigenvalue weighted by Crippen LogP contribution is 2.46. The number of fused-ring (bicyclic) bond motifs is 4. The average molecular weight is 673 g/mol. The van der Waals surface area contributed by atoms with Crippen molar-refractivity contribution >= 4 is 55.7 Å². The van der Waals surface area contributed by atoms with Crippen LogP contribution in [0.1, 0.15) is 22.3 Å². The van der Waals surface area contributed by atoms with E-state index in [0.29, 0.717) is 6.67 Å². The molecule has 0 atom stereocenters. The van der Waals surface area contributed by atoms with Gasteiger partial charge in [0.15, 0.2) is 0 Å². The molecule has 4 aromatic heterocycles. The van der Waals surface area contributed by atoms with Crippen LogP contribution in [0.3, 0.4) is 0 Å². The SMILES string of the molecule is c1ccc(N2CN(c3cccc(C(=C(c4ccoc4)c4ccoc4)c4ccc5c6ccccc6n(-c6ccccn6)c5c4)c3)c3ccccc32)cc1. The summed E-state index contributed by atoms with van der Waals surface area (Å²) in [6.07, 6.45) is 8.92. The lowest BCUT2D eigenvalue weighted by Crippen LogP contribution is -2.23. The molecule has 0 unspecified atom stereocenters. The van der Waals surface area contributed by atoms with Gasteiger partial charge in [0.1, 0.15) is 12.5 Å². The lowest BCUT2D eigenvalue weighted by Gasteiger charge is -2.23. The highest BCUT2D eigenvalue weighted by atomic mass is 16.3. The van der Waals surface area contributed by atoms with Crippen LogP contribution in [0.2, 0.25) is 0 Å². The van der Waals surface area contributed by atoms with E-state index in [1.807, 2.05) is 43.0 Å². The zero-order chi connectivity index (χ0) is 34.4. The summed E-state index contributed by atoms with van der Waals surface area (Å²) in [6, 6.07) is 53.5. The van der Waals surface area contributed by atoms with Crippen LogP contribution in [-0.4, -0.2) is 16.2 Å². The smallest absolute Gasteiger partial charge is 0.137 e. The van der Waals surface area contributed by atoms with Gasteiger partial charge in [-0.15, -0.1) is 0 Å². The molecular formula is C46H32N4O2. The highest BCUT2D eigenvalue weighted by Gasteiger charge is 2.28. The molecule has 1 aliphatic heterocycles. The molecule has 9 aromatic rings. The quantitative estimate of drug-likeness (QED) is 0.169. The number of hydrogen-bond acceptors (Lipinski definition) is 5. The first-order chi connectivity index (χ1) is 25.8. The predicted molar refractivity (Wildman–Crippen MR) is 209 cm³/mol. The van der Waals surface area contributed by atoms with E-state index in [4.69, 9.17) is 13.8 Å². The molecule has 5 aromatic carbocycles. The van der Waals surface area contributed by atoms with E-state index < -0.39 is 0 Å². The number of para-hydroxylation sites is 4. The summed E-state index contributed by atoms with van der Waals surface area (Å²) in [6.45, 7) is 0.693. The molecule has 0 N–H and O–H groups in total. The number of benzene rings is 5. The molecule has 10 rings (SSSR count). The number of anilines is 4. The molecule has 6 heteroatoms. The Hall–Kier alpha value is -7.05. The Morgan fingerprint density at radius 2 is 1.12 bits per heavy atom. The van der Waals surface area contributed by atoms with Crippen molar-refractivity contribution in [3.05, 3.63) is 205 Å². The number of hydrogen-bond donors (Lipinski definition) is 0. The van der Waals surface area contributed by atoms with E-state index in [1.165, 1.54) is 22.1 Å². The topological polar surface area (TPSA) is 50.6 Å². The second-order valence-electron chi connectivity index (χ2n) is 12.9. The number of furan rings is 2. The van der Waals surface area contributed by atoms with Crippen molar-refractivity contribution in [2.45, 2.75) is 0 Å². The van der Waals surface area contributed by atoms with Crippen LogP contribution >= 0.6 is 0 Å². The van der Waals surface area contributed by atoms with Gasteiger partial charge < -0.3 is 18.6 Å². The molecule has 6 nitrogen and oxygen atoms in total. The molecule has 248 valence electrons. The van der Waals surface area contributed by atoms with Crippen LogP contribution in [0.25, 0.3) is 38.8 Å². The highest BCUT2D eigenvalue weighted by molar-refractivity contribution is 6.12. The Morgan fingerprint density at radius 1 is 0.481 bits per heavy atom. The van der Waals surface area contributed by atoms with Gasteiger partial charge in [-0.3, -0.25) is 4.57 Å². The number of rotatable bonds is 7. The Labute approximate surface area is 300 Å². The van der Waals surface area contributed by atoms with Gasteiger partial charge in [0.2, 0.25) is 0 Å². The molecule has 0 fully saturated rings. The van der Waals surface area contributed by atoms with Gasteiger partial charge in [-0.2, -0.15) is 0 Å². The first kappa shape index (κ1) is 29.8. The maximum absolute atomic E-state index is 5.71. The fourth-order valence-electron chi connectivity index (χ4n) is 7.68. The van der Waals surface area contributed by atoms with Crippen molar-refractivity contribution in [3.63, 3.8) is 0 Å². The Bertz CT molecular complexity index is 2680. The van der Waals surface area contributed by atoms with Crippen molar-refractivity contribution in [2.75, 3.05) is 16.5 Å². The summed E-state index contributed by atoms with van der Waals surface area (Å²) in [4.78, 5) is 9.55.